The number of carbonyl (C=O) groups excluding carboxylic acids is 1. The summed E-state index contributed by atoms with van der Waals surface area (Å²) < 4.78 is 16.9. The van der Waals surface area contributed by atoms with Gasteiger partial charge in [-0.25, -0.2) is 5.43 Å². The zero-order valence-electron chi connectivity index (χ0n) is 17.5. The molecule has 0 unspecified atom stereocenters. The highest BCUT2D eigenvalue weighted by atomic mass is 79.9. The van der Waals surface area contributed by atoms with Gasteiger partial charge in [0.15, 0.2) is 0 Å². The summed E-state index contributed by atoms with van der Waals surface area (Å²) in [6, 6.07) is 19.7. The molecule has 0 aromatic heterocycles. The first-order valence-corrected chi connectivity index (χ1v) is 10.3. The van der Waals surface area contributed by atoms with Gasteiger partial charge in [-0.1, -0.05) is 12.1 Å². The van der Waals surface area contributed by atoms with Crippen molar-refractivity contribution in [1.82, 2.24) is 5.43 Å². The number of carbonyl (C=O) groups is 1. The highest BCUT2D eigenvalue weighted by Crippen LogP contribution is 2.26. The van der Waals surface area contributed by atoms with Crippen LogP contribution in [0.1, 0.15) is 27.0 Å². The molecule has 3 rings (SSSR count). The van der Waals surface area contributed by atoms with Gasteiger partial charge in [-0.3, -0.25) is 4.79 Å². The largest absolute Gasteiger partial charge is 0.497 e. The molecule has 0 aliphatic rings. The van der Waals surface area contributed by atoms with Gasteiger partial charge in [-0.15, -0.1) is 0 Å². The number of halogens is 1. The Morgan fingerprint density at radius 1 is 1.06 bits per heavy atom. The molecule has 0 bridgehead atoms. The van der Waals surface area contributed by atoms with Crippen molar-refractivity contribution in [2.24, 2.45) is 5.10 Å². The Bertz CT molecular complexity index is 1150. The van der Waals surface area contributed by atoms with Crippen LogP contribution in [0.4, 0.5) is 0 Å². The Morgan fingerprint density at radius 2 is 1.75 bits per heavy atom. The fraction of sp³-hybridized carbons (Fsp3) is 0.125. The van der Waals surface area contributed by atoms with Crippen LogP contribution in [-0.2, 0) is 6.61 Å². The standard InChI is InChI=1S/C24H20BrN3O4/c1-30-20-10-19(11-21(12-20)31-2)24(29)28-27-14-18-7-8-23(22(25)9-18)32-15-17-5-3-16(13-26)4-6-17/h3-12,14H,15H2,1-2H3,(H,28,29)/b27-14-. The Labute approximate surface area is 194 Å². The van der Waals surface area contributed by atoms with E-state index in [1.54, 1.807) is 30.3 Å². The molecule has 0 radical (unpaired) electrons. The van der Waals surface area contributed by atoms with E-state index in [4.69, 9.17) is 19.5 Å². The molecule has 3 aromatic carbocycles. The van der Waals surface area contributed by atoms with Crippen molar-refractivity contribution in [3.8, 4) is 23.3 Å². The van der Waals surface area contributed by atoms with Gasteiger partial charge in [0.05, 0.1) is 36.5 Å². The van der Waals surface area contributed by atoms with E-state index in [0.29, 0.717) is 35.0 Å². The topological polar surface area (TPSA) is 92.9 Å². The third kappa shape index (κ3) is 6.09. The van der Waals surface area contributed by atoms with Gasteiger partial charge < -0.3 is 14.2 Å². The van der Waals surface area contributed by atoms with E-state index < -0.39 is 0 Å². The predicted molar refractivity (Wildman–Crippen MR) is 124 cm³/mol. The van der Waals surface area contributed by atoms with Crippen molar-refractivity contribution < 1.29 is 19.0 Å². The first kappa shape index (κ1) is 22.8. The second kappa shape index (κ2) is 11.0. The van der Waals surface area contributed by atoms with Crippen LogP contribution in [0.5, 0.6) is 17.2 Å². The average molecular weight is 494 g/mol. The number of nitrogens with zero attached hydrogens (tertiary/aromatic N) is 2. The number of hydrogen-bond acceptors (Lipinski definition) is 6. The third-order valence-corrected chi connectivity index (χ3v) is 5.05. The van der Waals surface area contributed by atoms with Crippen molar-refractivity contribution >= 4 is 28.1 Å². The normalized spacial score (nSPS) is 10.4. The molecule has 0 saturated carbocycles. The summed E-state index contributed by atoms with van der Waals surface area (Å²) in [4.78, 5) is 12.4. The number of hydrazone groups is 1. The zero-order chi connectivity index (χ0) is 22.9. The van der Waals surface area contributed by atoms with Gasteiger partial charge >= 0.3 is 0 Å². The number of rotatable bonds is 8. The second-order valence-electron chi connectivity index (χ2n) is 6.59. The average Bonchev–Trinajstić information content (AvgIpc) is 2.83. The van der Waals surface area contributed by atoms with Crippen molar-refractivity contribution in [3.05, 3.63) is 87.4 Å². The molecule has 1 amide bonds. The van der Waals surface area contributed by atoms with Gasteiger partial charge in [-0.05, 0) is 69.5 Å². The first-order valence-electron chi connectivity index (χ1n) is 9.50. The smallest absolute Gasteiger partial charge is 0.271 e. The molecule has 7 nitrogen and oxygen atoms in total. The Balaban J connectivity index is 1.60. The summed E-state index contributed by atoms with van der Waals surface area (Å²) in [6.07, 6.45) is 1.53. The molecule has 32 heavy (non-hydrogen) atoms. The Kier molecular flexibility index (Phi) is 7.84. The van der Waals surface area contributed by atoms with Gasteiger partial charge in [0, 0.05) is 11.6 Å². The molecule has 0 aliphatic heterocycles. The van der Waals surface area contributed by atoms with Gasteiger partial charge in [0.25, 0.3) is 5.91 Å². The molecule has 1 N–H and O–H groups in total. The molecule has 0 saturated heterocycles. The van der Waals surface area contributed by atoms with Crippen LogP contribution < -0.4 is 19.6 Å². The lowest BCUT2D eigenvalue weighted by Crippen LogP contribution is -2.17. The molecular formula is C24H20BrN3O4. The van der Waals surface area contributed by atoms with Gasteiger partial charge in [0.2, 0.25) is 0 Å². The lowest BCUT2D eigenvalue weighted by atomic mass is 10.1. The van der Waals surface area contributed by atoms with Crippen molar-refractivity contribution in [3.63, 3.8) is 0 Å². The highest BCUT2D eigenvalue weighted by Gasteiger charge is 2.09. The van der Waals surface area contributed by atoms with E-state index in [9.17, 15) is 4.79 Å². The third-order valence-electron chi connectivity index (χ3n) is 4.43. The molecule has 3 aromatic rings. The molecule has 162 valence electrons. The fourth-order valence-corrected chi connectivity index (χ4v) is 3.23. The van der Waals surface area contributed by atoms with Crippen LogP contribution in [0.2, 0.25) is 0 Å². The lowest BCUT2D eigenvalue weighted by Gasteiger charge is -2.09. The van der Waals surface area contributed by atoms with Crippen molar-refractivity contribution in [1.29, 1.82) is 5.26 Å². The molecular weight excluding hydrogens is 474 g/mol. The monoisotopic (exact) mass is 493 g/mol. The second-order valence-corrected chi connectivity index (χ2v) is 7.44. The van der Waals surface area contributed by atoms with Crippen LogP contribution in [0.15, 0.2) is 70.2 Å². The number of benzene rings is 3. The van der Waals surface area contributed by atoms with E-state index in [2.05, 4.69) is 32.5 Å². The number of nitriles is 1. The number of amides is 1. The van der Waals surface area contributed by atoms with Crippen LogP contribution in [0.3, 0.4) is 0 Å². The number of ether oxygens (including phenoxy) is 3. The van der Waals surface area contributed by atoms with Gasteiger partial charge in [0.1, 0.15) is 23.9 Å². The van der Waals surface area contributed by atoms with E-state index in [1.165, 1.54) is 20.4 Å². The van der Waals surface area contributed by atoms with Crippen LogP contribution in [-0.4, -0.2) is 26.3 Å². The minimum Gasteiger partial charge on any atom is -0.497 e. The maximum atomic E-state index is 12.4. The molecule has 0 heterocycles. The summed E-state index contributed by atoms with van der Waals surface area (Å²) >= 11 is 3.49. The maximum absolute atomic E-state index is 12.4. The first-order chi connectivity index (χ1) is 15.5. The highest BCUT2D eigenvalue weighted by molar-refractivity contribution is 9.10. The van der Waals surface area contributed by atoms with Gasteiger partial charge in [-0.2, -0.15) is 10.4 Å². The quantitative estimate of drug-likeness (QED) is 0.363. The minimum absolute atomic E-state index is 0.367. The molecule has 0 spiro atoms. The van der Waals surface area contributed by atoms with E-state index in [-0.39, 0.29) is 5.91 Å². The minimum atomic E-state index is -0.389. The van der Waals surface area contributed by atoms with Crippen LogP contribution in [0.25, 0.3) is 0 Å². The van der Waals surface area contributed by atoms with E-state index in [1.807, 2.05) is 30.3 Å². The fourth-order valence-electron chi connectivity index (χ4n) is 2.72. The number of nitrogens with one attached hydrogen (secondary N) is 1. The SMILES string of the molecule is COc1cc(OC)cc(C(=O)N/N=C\c2ccc(OCc3ccc(C#N)cc3)c(Br)c2)c1. The van der Waals surface area contributed by atoms with E-state index >= 15 is 0 Å². The summed E-state index contributed by atoms with van der Waals surface area (Å²) in [5.41, 5.74) is 5.19. The van der Waals surface area contributed by atoms with Crippen LogP contribution in [0, 0.1) is 11.3 Å². The summed E-state index contributed by atoms with van der Waals surface area (Å²) in [5.74, 6) is 1.30. The summed E-state index contributed by atoms with van der Waals surface area (Å²) in [5, 5.41) is 12.9. The molecule has 8 heteroatoms. The zero-order valence-corrected chi connectivity index (χ0v) is 19.0. The van der Waals surface area contributed by atoms with Crippen molar-refractivity contribution in [2.75, 3.05) is 14.2 Å². The Morgan fingerprint density at radius 3 is 2.34 bits per heavy atom. The molecule has 0 aliphatic carbocycles. The lowest BCUT2D eigenvalue weighted by molar-refractivity contribution is 0.0954. The predicted octanol–water partition coefficient (Wildman–Crippen LogP) is 4.68. The summed E-state index contributed by atoms with van der Waals surface area (Å²) in [6.45, 7) is 0.373. The number of hydrogen-bond donors (Lipinski definition) is 1. The maximum Gasteiger partial charge on any atom is 0.271 e. The number of methoxy groups -OCH3 is 2. The van der Waals surface area contributed by atoms with E-state index in [0.717, 1.165) is 15.6 Å². The molecule has 0 fully saturated rings. The Hall–Kier alpha value is -3.83. The summed E-state index contributed by atoms with van der Waals surface area (Å²) in [7, 11) is 3.04. The van der Waals surface area contributed by atoms with Crippen molar-refractivity contribution in [2.45, 2.75) is 6.61 Å². The van der Waals surface area contributed by atoms with Crippen LogP contribution >= 0.6 is 15.9 Å². The molecule has 0 atom stereocenters.